The van der Waals surface area contributed by atoms with Gasteiger partial charge in [-0.1, -0.05) is 0 Å². The molecule has 0 aromatic heterocycles. The Balaban J connectivity index is 0. The molecule has 4 N–H and O–H groups in total. The molecule has 0 heterocycles. The van der Waals surface area contributed by atoms with Gasteiger partial charge in [0.1, 0.15) is 0 Å². The molecule has 0 aromatic carbocycles. The van der Waals surface area contributed by atoms with Gasteiger partial charge in [-0.3, -0.25) is 0 Å². The fraction of sp³-hybridized carbons (Fsp3) is 0. The summed E-state index contributed by atoms with van der Waals surface area (Å²) in [5.41, 5.74) is 6.53. The van der Waals surface area contributed by atoms with E-state index in [-0.39, 0.29) is 24.6 Å². The Morgan fingerprint density at radius 1 is 1.78 bits per heavy atom. The van der Waals surface area contributed by atoms with E-state index in [1.54, 1.807) is 5.48 Å². The first-order valence-electron chi connectivity index (χ1n) is 1.58. The molecule has 0 fully saturated rings. The predicted molar refractivity (Wildman–Crippen MR) is 29.0 cm³/mol. The van der Waals surface area contributed by atoms with Crippen LogP contribution >= 0.6 is 12.2 Å². The Hall–Kier alpha value is -0.417. The molecule has 0 bridgehead atoms. The van der Waals surface area contributed by atoms with Crippen molar-refractivity contribution >= 4 is 23.5 Å². The number of thiocarbonyl (C=S) groups is 1. The second-order valence-corrected chi connectivity index (χ2v) is 1.27. The van der Waals surface area contributed by atoms with Crippen LogP contribution in [0.4, 0.5) is 4.79 Å². The minimum atomic E-state index is -1.47. The zero-order valence-electron chi connectivity index (χ0n) is 4.46. The molecule has 9 heavy (non-hydrogen) atoms. The molecule has 0 radical (unpaired) electrons. The number of carbonyl (C=O) groups is 1. The van der Waals surface area contributed by atoms with Gasteiger partial charge < -0.3 is 15.7 Å². The summed E-state index contributed by atoms with van der Waals surface area (Å²) in [7, 11) is 0. The number of hydroxylamine groups is 1. The van der Waals surface area contributed by atoms with Crippen molar-refractivity contribution in [2.45, 2.75) is 0 Å². The zero-order chi connectivity index (χ0) is 6.57. The van der Waals surface area contributed by atoms with Crippen molar-refractivity contribution < 1.29 is 34.2 Å². The first-order chi connectivity index (χ1) is 3.63. The van der Waals surface area contributed by atoms with E-state index in [1.807, 2.05) is 0 Å². The summed E-state index contributed by atoms with van der Waals surface area (Å²) in [5, 5.41) is 7.55. The molecule has 0 saturated heterocycles. The maximum Gasteiger partial charge on any atom is 0.530 e. The second kappa shape index (κ2) is 5.72. The number of nitrogens with one attached hydrogen (secondary N) is 1. The van der Waals surface area contributed by atoms with E-state index in [4.69, 9.17) is 10.8 Å². The molecule has 0 aromatic rings. The van der Waals surface area contributed by atoms with Crippen LogP contribution in [0.1, 0.15) is 0 Å². The quantitative estimate of drug-likeness (QED) is 0.276. The van der Waals surface area contributed by atoms with E-state index in [0.717, 1.165) is 0 Å². The Bertz CT molecular complexity index is 104. The van der Waals surface area contributed by atoms with Crippen LogP contribution in [0.25, 0.3) is 0 Å². The van der Waals surface area contributed by atoms with E-state index in [1.165, 1.54) is 0 Å². The summed E-state index contributed by atoms with van der Waals surface area (Å²) in [6.45, 7) is 0. The Labute approximate surface area is 69.3 Å². The number of hydrogen-bond donors (Lipinski definition) is 3. The Morgan fingerprint density at radius 3 is 2.33 bits per heavy atom. The molecule has 0 saturated carbocycles. The van der Waals surface area contributed by atoms with Gasteiger partial charge in [0.25, 0.3) is 0 Å². The van der Waals surface area contributed by atoms with Crippen LogP contribution in [0.3, 0.4) is 0 Å². The van der Waals surface area contributed by atoms with Gasteiger partial charge in [-0.2, -0.15) is 5.48 Å². The number of hydrogen-bond acceptors (Lipinski definition) is 3. The number of rotatable bonds is 0. The fourth-order valence-corrected chi connectivity index (χ4v) is 0.136. The summed E-state index contributed by atoms with van der Waals surface area (Å²) in [6.07, 6.45) is -1.47. The summed E-state index contributed by atoms with van der Waals surface area (Å²) < 4.78 is 0. The molecule has 0 aliphatic heterocycles. The molecule has 5 nitrogen and oxygen atoms in total. The van der Waals surface area contributed by atoms with Crippen LogP contribution < -0.4 is 11.2 Å². The zero-order valence-corrected chi connectivity index (χ0v) is 8.24. The maximum atomic E-state index is 9.50. The summed E-state index contributed by atoms with van der Waals surface area (Å²) in [4.78, 5) is 13.2. The van der Waals surface area contributed by atoms with E-state index in [0.29, 0.717) is 0 Å². The van der Waals surface area contributed by atoms with Crippen molar-refractivity contribution in [3.63, 3.8) is 0 Å². The third-order valence-electron chi connectivity index (χ3n) is 0.239. The molecule has 0 amide bonds. The van der Waals surface area contributed by atoms with Crippen LogP contribution in [0, 0.1) is 0 Å². The standard InChI is InChI=1S/C2H4N2O3S.Zn/c3-1(8)4-7-2(5)6;/h(H,5,6)(H3,3,4,8);. The molecule has 0 rings (SSSR count). The Kier molecular flexibility index (Phi) is 7.23. The predicted octanol–water partition coefficient (Wildman–Crippen LogP) is -0.573. The fourth-order valence-electron chi connectivity index (χ4n) is 0.0940. The van der Waals surface area contributed by atoms with Crippen LogP contribution in [0.2, 0.25) is 0 Å². The molecular formula is C2H4N2O3SZn. The largest absolute Gasteiger partial charge is 0.530 e. The summed E-state index contributed by atoms with van der Waals surface area (Å²) >= 11 is 4.19. The van der Waals surface area contributed by atoms with E-state index in [9.17, 15) is 4.79 Å². The second-order valence-electron chi connectivity index (χ2n) is 0.834. The van der Waals surface area contributed by atoms with Crippen molar-refractivity contribution in [1.29, 1.82) is 0 Å². The van der Waals surface area contributed by atoms with Crippen LogP contribution in [0.15, 0.2) is 0 Å². The third kappa shape index (κ3) is 11.3. The molecule has 7 heteroatoms. The average Bonchev–Trinajstić information content (AvgIpc) is 1.61. The smallest absolute Gasteiger partial charge is 0.448 e. The van der Waals surface area contributed by atoms with Gasteiger partial charge >= 0.3 is 6.16 Å². The topological polar surface area (TPSA) is 84.6 Å². The number of nitrogens with two attached hydrogens (primary N) is 1. The van der Waals surface area contributed by atoms with Gasteiger partial charge in [0.05, 0.1) is 0 Å². The Morgan fingerprint density at radius 2 is 2.22 bits per heavy atom. The van der Waals surface area contributed by atoms with Crippen molar-refractivity contribution in [2.75, 3.05) is 0 Å². The first kappa shape index (κ1) is 11.4. The van der Waals surface area contributed by atoms with Gasteiger partial charge in [-0.25, -0.2) is 4.79 Å². The minimum Gasteiger partial charge on any atom is -0.448 e. The van der Waals surface area contributed by atoms with E-state index < -0.39 is 6.16 Å². The minimum absolute atomic E-state index is 0. The molecule has 0 aliphatic rings. The molecule has 0 atom stereocenters. The molecule has 48 valence electrons. The van der Waals surface area contributed by atoms with E-state index in [2.05, 4.69) is 17.1 Å². The SMILES string of the molecule is NC(=S)NOC(=O)O.[Zn]. The van der Waals surface area contributed by atoms with E-state index >= 15 is 0 Å². The van der Waals surface area contributed by atoms with Crippen LogP contribution in [-0.4, -0.2) is 16.4 Å². The maximum absolute atomic E-state index is 9.50. The van der Waals surface area contributed by atoms with Crippen LogP contribution in [0.5, 0.6) is 0 Å². The number of carboxylic acid groups (broad SMARTS) is 1. The summed E-state index contributed by atoms with van der Waals surface area (Å²) in [6, 6.07) is 0. The van der Waals surface area contributed by atoms with Crippen LogP contribution in [-0.2, 0) is 24.3 Å². The van der Waals surface area contributed by atoms with Gasteiger partial charge in [0, 0.05) is 19.5 Å². The molecule has 0 spiro atoms. The van der Waals surface area contributed by atoms with Gasteiger partial charge in [0.2, 0.25) is 0 Å². The molecular weight excluding hydrogens is 197 g/mol. The van der Waals surface area contributed by atoms with Crippen molar-refractivity contribution in [1.82, 2.24) is 5.48 Å². The van der Waals surface area contributed by atoms with Gasteiger partial charge in [-0.05, 0) is 12.2 Å². The van der Waals surface area contributed by atoms with Crippen molar-refractivity contribution in [3.05, 3.63) is 0 Å². The van der Waals surface area contributed by atoms with Gasteiger partial charge in [0.15, 0.2) is 5.11 Å². The summed E-state index contributed by atoms with van der Waals surface area (Å²) in [5.74, 6) is 0. The normalized spacial score (nSPS) is 6.67. The van der Waals surface area contributed by atoms with Crippen molar-refractivity contribution in [3.8, 4) is 0 Å². The molecule has 0 unspecified atom stereocenters. The van der Waals surface area contributed by atoms with Gasteiger partial charge in [-0.15, -0.1) is 0 Å². The first-order valence-corrected chi connectivity index (χ1v) is 1.99. The molecule has 0 aliphatic carbocycles. The third-order valence-corrected chi connectivity index (χ3v) is 0.322. The average molecular weight is 202 g/mol. The monoisotopic (exact) mass is 200 g/mol. The van der Waals surface area contributed by atoms with Crippen molar-refractivity contribution in [2.24, 2.45) is 5.73 Å².